The topological polar surface area (TPSA) is 89.8 Å². The fourth-order valence-corrected chi connectivity index (χ4v) is 1.65. The normalized spacial score (nSPS) is 10.2. The van der Waals surface area contributed by atoms with Crippen LogP contribution in [0.5, 0.6) is 17.2 Å². The van der Waals surface area contributed by atoms with Crippen molar-refractivity contribution in [2.75, 3.05) is 5.32 Å². The molecule has 0 aromatic heterocycles. The summed E-state index contributed by atoms with van der Waals surface area (Å²) in [4.78, 5) is 11.9. The van der Waals surface area contributed by atoms with Gasteiger partial charge >= 0.3 is 0 Å². The molecule has 0 spiro atoms. The number of amides is 1. The van der Waals surface area contributed by atoms with Crippen molar-refractivity contribution >= 4 is 11.6 Å². The van der Waals surface area contributed by atoms with Gasteiger partial charge in [0.1, 0.15) is 17.2 Å². The number of carbonyl (C=O) groups is 1. The van der Waals surface area contributed by atoms with E-state index in [1.807, 2.05) is 6.92 Å². The highest BCUT2D eigenvalue weighted by Crippen LogP contribution is 2.27. The van der Waals surface area contributed by atoms with Gasteiger partial charge in [0.25, 0.3) is 5.91 Å². The second-order valence-electron chi connectivity index (χ2n) is 4.18. The number of anilines is 1. The van der Waals surface area contributed by atoms with Gasteiger partial charge < -0.3 is 20.6 Å². The fraction of sp³-hybridized carbons (Fsp3) is 0.0714. The monoisotopic (exact) mass is 259 g/mol. The lowest BCUT2D eigenvalue weighted by Crippen LogP contribution is -2.12. The molecule has 4 N–H and O–H groups in total. The number of phenols is 3. The van der Waals surface area contributed by atoms with E-state index in [1.54, 1.807) is 12.1 Å². The van der Waals surface area contributed by atoms with E-state index in [9.17, 15) is 15.0 Å². The van der Waals surface area contributed by atoms with Crippen LogP contribution < -0.4 is 5.32 Å². The molecule has 1 amide bonds. The van der Waals surface area contributed by atoms with Gasteiger partial charge in [-0.3, -0.25) is 4.79 Å². The predicted octanol–water partition coefficient (Wildman–Crippen LogP) is 2.36. The maximum atomic E-state index is 11.9. The van der Waals surface area contributed by atoms with Gasteiger partial charge in [0, 0.05) is 6.07 Å². The molecule has 2 rings (SSSR count). The first kappa shape index (κ1) is 12.8. The van der Waals surface area contributed by atoms with E-state index in [4.69, 9.17) is 5.11 Å². The summed E-state index contributed by atoms with van der Waals surface area (Å²) in [5.41, 5.74) is 1.15. The van der Waals surface area contributed by atoms with Crippen LogP contribution in [0.3, 0.4) is 0 Å². The molecule has 0 bridgehead atoms. The smallest absolute Gasteiger partial charge is 0.259 e. The van der Waals surface area contributed by atoms with Crippen LogP contribution in [0.25, 0.3) is 0 Å². The number of phenolic OH excluding ortho intramolecular Hbond substituents is 3. The van der Waals surface area contributed by atoms with E-state index in [-0.39, 0.29) is 28.5 Å². The largest absolute Gasteiger partial charge is 0.508 e. The van der Waals surface area contributed by atoms with Crippen molar-refractivity contribution in [2.24, 2.45) is 0 Å². The van der Waals surface area contributed by atoms with E-state index in [0.717, 1.165) is 11.6 Å². The molecule has 0 aliphatic heterocycles. The summed E-state index contributed by atoms with van der Waals surface area (Å²) >= 11 is 0. The lowest BCUT2D eigenvalue weighted by Gasteiger charge is -2.09. The van der Waals surface area contributed by atoms with Crippen LogP contribution >= 0.6 is 0 Å². The minimum Gasteiger partial charge on any atom is -0.508 e. The zero-order chi connectivity index (χ0) is 14.0. The van der Waals surface area contributed by atoms with Crippen molar-refractivity contribution in [1.82, 2.24) is 0 Å². The maximum Gasteiger partial charge on any atom is 0.259 e. The SMILES string of the molecule is Cc1ccc(O)c(NC(=O)c2ccc(O)cc2O)c1. The van der Waals surface area contributed by atoms with E-state index in [2.05, 4.69) is 5.32 Å². The molecule has 2 aromatic carbocycles. The molecular weight excluding hydrogens is 246 g/mol. The number of hydrogen-bond donors (Lipinski definition) is 4. The third kappa shape index (κ3) is 2.77. The lowest BCUT2D eigenvalue weighted by atomic mass is 10.1. The number of carbonyl (C=O) groups excluding carboxylic acids is 1. The summed E-state index contributed by atoms with van der Waals surface area (Å²) in [6.07, 6.45) is 0. The van der Waals surface area contributed by atoms with Crippen molar-refractivity contribution in [3.63, 3.8) is 0 Å². The van der Waals surface area contributed by atoms with Gasteiger partial charge in [-0.05, 0) is 36.8 Å². The molecule has 98 valence electrons. The maximum absolute atomic E-state index is 11.9. The lowest BCUT2D eigenvalue weighted by molar-refractivity contribution is 0.102. The van der Waals surface area contributed by atoms with E-state index in [1.165, 1.54) is 18.2 Å². The number of hydrogen-bond acceptors (Lipinski definition) is 4. The van der Waals surface area contributed by atoms with E-state index >= 15 is 0 Å². The minimum absolute atomic E-state index is 0.0127. The van der Waals surface area contributed by atoms with Crippen LogP contribution in [0, 0.1) is 6.92 Å². The second kappa shape index (κ2) is 4.89. The molecule has 19 heavy (non-hydrogen) atoms. The van der Waals surface area contributed by atoms with Crippen LogP contribution in [0.4, 0.5) is 5.69 Å². The van der Waals surface area contributed by atoms with Gasteiger partial charge in [0.05, 0.1) is 11.3 Å². The Morgan fingerprint density at radius 1 is 1.00 bits per heavy atom. The third-order valence-electron chi connectivity index (χ3n) is 2.63. The van der Waals surface area contributed by atoms with Crippen molar-refractivity contribution in [3.8, 4) is 17.2 Å². The van der Waals surface area contributed by atoms with Crippen LogP contribution in [0.15, 0.2) is 36.4 Å². The summed E-state index contributed by atoms with van der Waals surface area (Å²) < 4.78 is 0. The van der Waals surface area contributed by atoms with Gasteiger partial charge in [-0.2, -0.15) is 0 Å². The molecule has 0 aliphatic carbocycles. The highest BCUT2D eigenvalue weighted by Gasteiger charge is 2.13. The molecule has 0 unspecified atom stereocenters. The molecular formula is C14H13NO4. The van der Waals surface area contributed by atoms with Crippen molar-refractivity contribution in [2.45, 2.75) is 6.92 Å². The molecule has 0 saturated heterocycles. The molecule has 0 radical (unpaired) electrons. The van der Waals surface area contributed by atoms with Crippen molar-refractivity contribution < 1.29 is 20.1 Å². The summed E-state index contributed by atoms with van der Waals surface area (Å²) in [6.45, 7) is 1.83. The fourth-order valence-electron chi connectivity index (χ4n) is 1.65. The van der Waals surface area contributed by atoms with Gasteiger partial charge in [0.2, 0.25) is 0 Å². The average Bonchev–Trinajstić information content (AvgIpc) is 2.33. The van der Waals surface area contributed by atoms with E-state index < -0.39 is 5.91 Å². The Kier molecular flexibility index (Phi) is 3.29. The standard InChI is InChI=1S/C14H13NO4/c1-8-2-5-12(17)11(6-8)15-14(19)10-4-3-9(16)7-13(10)18/h2-7,16-18H,1H3,(H,15,19). The number of rotatable bonds is 2. The number of nitrogens with one attached hydrogen (secondary N) is 1. The first-order valence-electron chi connectivity index (χ1n) is 5.60. The Hall–Kier alpha value is -2.69. The molecule has 0 heterocycles. The Balaban J connectivity index is 2.28. The van der Waals surface area contributed by atoms with Crippen molar-refractivity contribution in [1.29, 1.82) is 0 Å². The van der Waals surface area contributed by atoms with Gasteiger partial charge in [-0.25, -0.2) is 0 Å². The number of benzene rings is 2. The van der Waals surface area contributed by atoms with Crippen LogP contribution in [-0.2, 0) is 0 Å². The highest BCUT2D eigenvalue weighted by atomic mass is 16.3. The van der Waals surface area contributed by atoms with Crippen LogP contribution in [0.1, 0.15) is 15.9 Å². The third-order valence-corrected chi connectivity index (χ3v) is 2.63. The Morgan fingerprint density at radius 3 is 2.42 bits per heavy atom. The summed E-state index contributed by atoms with van der Waals surface area (Å²) in [6, 6.07) is 8.47. The minimum atomic E-state index is -0.571. The average molecular weight is 259 g/mol. The van der Waals surface area contributed by atoms with Crippen molar-refractivity contribution in [3.05, 3.63) is 47.5 Å². The zero-order valence-electron chi connectivity index (χ0n) is 10.2. The highest BCUT2D eigenvalue weighted by molar-refractivity contribution is 6.06. The Morgan fingerprint density at radius 2 is 1.74 bits per heavy atom. The van der Waals surface area contributed by atoms with Crippen LogP contribution in [0.2, 0.25) is 0 Å². The first-order valence-corrected chi connectivity index (χ1v) is 5.60. The van der Waals surface area contributed by atoms with Gasteiger partial charge in [-0.15, -0.1) is 0 Å². The predicted molar refractivity (Wildman–Crippen MR) is 70.6 cm³/mol. The van der Waals surface area contributed by atoms with Crippen LogP contribution in [-0.4, -0.2) is 21.2 Å². The summed E-state index contributed by atoms with van der Waals surface area (Å²) in [5.74, 6) is -1.09. The molecule has 2 aromatic rings. The second-order valence-corrected chi connectivity index (χ2v) is 4.18. The first-order chi connectivity index (χ1) is 8.97. The molecule has 0 aliphatic rings. The Bertz CT molecular complexity index is 637. The number of aryl methyl sites for hydroxylation is 1. The van der Waals surface area contributed by atoms with Gasteiger partial charge in [-0.1, -0.05) is 6.07 Å². The van der Waals surface area contributed by atoms with E-state index in [0.29, 0.717) is 0 Å². The molecule has 0 saturated carbocycles. The quantitative estimate of drug-likeness (QED) is 0.623. The summed E-state index contributed by atoms with van der Waals surface area (Å²) in [7, 11) is 0. The molecule has 0 atom stereocenters. The Labute approximate surface area is 109 Å². The number of aromatic hydroxyl groups is 3. The molecule has 5 heteroatoms. The zero-order valence-corrected chi connectivity index (χ0v) is 10.2. The van der Waals surface area contributed by atoms with Gasteiger partial charge in [0.15, 0.2) is 0 Å². The summed E-state index contributed by atoms with van der Waals surface area (Å²) in [5, 5.41) is 30.9. The molecule has 5 nitrogen and oxygen atoms in total. The molecule has 0 fully saturated rings.